The van der Waals surface area contributed by atoms with Crippen LogP contribution in [0.15, 0.2) is 42.5 Å². The summed E-state index contributed by atoms with van der Waals surface area (Å²) in [5.41, 5.74) is 3.26. The van der Waals surface area contributed by atoms with Crippen LogP contribution in [0.1, 0.15) is 22.0 Å². The van der Waals surface area contributed by atoms with Gasteiger partial charge in [-0.15, -0.1) is 0 Å². The van der Waals surface area contributed by atoms with E-state index in [1.54, 1.807) is 0 Å². The van der Waals surface area contributed by atoms with Gasteiger partial charge in [-0.25, -0.2) is 4.39 Å². The third kappa shape index (κ3) is 2.41. The summed E-state index contributed by atoms with van der Waals surface area (Å²) in [6.45, 7) is 0.353. The lowest BCUT2D eigenvalue weighted by atomic mass is 10.1. The van der Waals surface area contributed by atoms with E-state index in [4.69, 9.17) is 10.6 Å². The maximum absolute atomic E-state index is 13.6. The van der Waals surface area contributed by atoms with Crippen LogP contribution in [0.2, 0.25) is 0 Å². The molecule has 4 N–H and O–H groups in total. The van der Waals surface area contributed by atoms with E-state index in [2.05, 4.69) is 10.7 Å². The Balaban J connectivity index is 1.84. The summed E-state index contributed by atoms with van der Waals surface area (Å²) < 4.78 is 19.1. The second-order valence-electron chi connectivity index (χ2n) is 4.68. The van der Waals surface area contributed by atoms with E-state index in [9.17, 15) is 9.18 Å². The molecule has 21 heavy (non-hydrogen) atoms. The molecule has 0 spiro atoms. The highest BCUT2D eigenvalue weighted by molar-refractivity contribution is 5.99. The van der Waals surface area contributed by atoms with Gasteiger partial charge >= 0.3 is 0 Å². The fourth-order valence-corrected chi connectivity index (χ4v) is 2.38. The minimum absolute atomic E-state index is 0.0257. The molecule has 1 atom stereocenters. The number of carbonyl (C=O) groups excluding carboxylic acids is 1. The molecule has 0 bridgehead atoms. The maximum Gasteiger partial charge on any atom is 0.254 e. The number of nitrogens with two attached hydrogens (primary N) is 1. The van der Waals surface area contributed by atoms with E-state index in [-0.39, 0.29) is 17.3 Å². The van der Waals surface area contributed by atoms with Crippen molar-refractivity contribution in [1.29, 1.82) is 0 Å². The van der Waals surface area contributed by atoms with E-state index in [1.807, 2.05) is 24.3 Å². The summed E-state index contributed by atoms with van der Waals surface area (Å²) in [7, 11) is 0. The van der Waals surface area contributed by atoms with Crippen molar-refractivity contribution in [1.82, 2.24) is 5.32 Å². The van der Waals surface area contributed by atoms with Crippen LogP contribution in [0, 0.1) is 5.82 Å². The van der Waals surface area contributed by atoms with E-state index in [1.165, 1.54) is 18.2 Å². The van der Waals surface area contributed by atoms with Gasteiger partial charge in [-0.05, 0) is 18.2 Å². The number of amides is 1. The Morgan fingerprint density at radius 2 is 2.05 bits per heavy atom. The number of ether oxygens (including phenoxy) is 1. The Bertz CT molecular complexity index is 690. The number of fused-ring (bicyclic) bond motifs is 1. The lowest BCUT2D eigenvalue weighted by Crippen LogP contribution is -2.30. The van der Waals surface area contributed by atoms with Gasteiger partial charge in [0.1, 0.15) is 18.2 Å². The monoisotopic (exact) mass is 287 g/mol. The highest BCUT2D eigenvalue weighted by atomic mass is 19.1. The van der Waals surface area contributed by atoms with Gasteiger partial charge in [0, 0.05) is 5.56 Å². The van der Waals surface area contributed by atoms with E-state index in [0.717, 1.165) is 11.3 Å². The van der Waals surface area contributed by atoms with Crippen LogP contribution in [0.3, 0.4) is 0 Å². The minimum atomic E-state index is -0.576. The van der Waals surface area contributed by atoms with Gasteiger partial charge in [0.25, 0.3) is 5.91 Å². The van der Waals surface area contributed by atoms with Crippen molar-refractivity contribution in [2.75, 3.05) is 12.0 Å². The average Bonchev–Trinajstić information content (AvgIpc) is 2.90. The zero-order valence-electron chi connectivity index (χ0n) is 11.1. The molecule has 0 aliphatic carbocycles. The first-order valence-electron chi connectivity index (χ1n) is 6.48. The molecule has 1 aliphatic rings. The first kappa shape index (κ1) is 13.4. The number of hydrogen-bond acceptors (Lipinski definition) is 4. The topological polar surface area (TPSA) is 76.4 Å². The van der Waals surface area contributed by atoms with E-state index in [0.29, 0.717) is 6.61 Å². The summed E-state index contributed by atoms with van der Waals surface area (Å²) in [6.07, 6.45) is 0. The summed E-state index contributed by atoms with van der Waals surface area (Å²) in [5.74, 6) is 5.04. The van der Waals surface area contributed by atoms with Crippen molar-refractivity contribution in [2.24, 2.45) is 5.84 Å². The van der Waals surface area contributed by atoms with Crippen molar-refractivity contribution < 1.29 is 13.9 Å². The fraction of sp³-hybridized carbons (Fsp3) is 0.133. The summed E-state index contributed by atoms with van der Waals surface area (Å²) in [6, 6.07) is 11.4. The van der Waals surface area contributed by atoms with Gasteiger partial charge < -0.3 is 15.5 Å². The van der Waals surface area contributed by atoms with Crippen LogP contribution in [0.25, 0.3) is 0 Å². The lowest BCUT2D eigenvalue weighted by Gasteiger charge is -2.14. The Hall–Kier alpha value is -2.60. The molecule has 3 rings (SSSR count). The van der Waals surface area contributed by atoms with Gasteiger partial charge in [0.2, 0.25) is 0 Å². The number of nitrogen functional groups attached to an aromatic ring is 1. The van der Waals surface area contributed by atoms with Gasteiger partial charge in [-0.2, -0.15) is 0 Å². The van der Waals surface area contributed by atoms with Crippen molar-refractivity contribution >= 4 is 11.6 Å². The van der Waals surface area contributed by atoms with Gasteiger partial charge in [0.05, 0.1) is 17.3 Å². The first-order chi connectivity index (χ1) is 10.2. The molecule has 108 valence electrons. The molecular formula is C15H14FN3O2. The fourth-order valence-electron chi connectivity index (χ4n) is 2.38. The number of carbonyl (C=O) groups is 1. The molecular weight excluding hydrogens is 273 g/mol. The van der Waals surface area contributed by atoms with Crippen LogP contribution >= 0.6 is 0 Å². The van der Waals surface area contributed by atoms with Crippen LogP contribution in [-0.4, -0.2) is 12.5 Å². The van der Waals surface area contributed by atoms with Crippen LogP contribution in [0.5, 0.6) is 5.75 Å². The second kappa shape index (κ2) is 5.41. The van der Waals surface area contributed by atoms with E-state index < -0.39 is 11.7 Å². The smallest absolute Gasteiger partial charge is 0.254 e. The Kier molecular flexibility index (Phi) is 3.45. The van der Waals surface area contributed by atoms with Gasteiger partial charge in [-0.3, -0.25) is 10.6 Å². The number of hydrazine groups is 1. The normalized spacial score (nSPS) is 16.0. The SMILES string of the molecule is NNc1c(F)cccc1C(=O)NC1COc2ccccc21. The van der Waals surface area contributed by atoms with Crippen LogP contribution < -0.4 is 21.3 Å². The van der Waals surface area contributed by atoms with Gasteiger partial charge in [-0.1, -0.05) is 24.3 Å². The Labute approximate surface area is 120 Å². The molecule has 2 aromatic rings. The third-order valence-corrected chi connectivity index (χ3v) is 3.41. The molecule has 5 nitrogen and oxygen atoms in total. The number of hydrogen-bond donors (Lipinski definition) is 3. The molecule has 0 saturated heterocycles. The summed E-state index contributed by atoms with van der Waals surface area (Å²) >= 11 is 0. The standard InChI is InChI=1S/C15H14FN3O2/c16-11-6-3-5-10(14(11)19-17)15(20)18-12-8-21-13-7-2-1-4-9(12)13/h1-7,12,19H,8,17H2,(H,18,20). The predicted octanol–water partition coefficient (Wildman–Crippen LogP) is 1.97. The molecule has 0 radical (unpaired) electrons. The molecule has 0 fully saturated rings. The van der Waals surface area contributed by atoms with Crippen molar-refractivity contribution in [3.63, 3.8) is 0 Å². The Morgan fingerprint density at radius 1 is 1.24 bits per heavy atom. The van der Waals surface area contributed by atoms with Gasteiger partial charge in [0.15, 0.2) is 0 Å². The largest absolute Gasteiger partial charge is 0.491 e. The number of anilines is 1. The third-order valence-electron chi connectivity index (χ3n) is 3.41. The molecule has 2 aromatic carbocycles. The predicted molar refractivity (Wildman–Crippen MR) is 76.4 cm³/mol. The quantitative estimate of drug-likeness (QED) is 0.596. The first-order valence-corrected chi connectivity index (χ1v) is 6.48. The van der Waals surface area contributed by atoms with Crippen molar-refractivity contribution in [2.45, 2.75) is 6.04 Å². The number of benzene rings is 2. The number of nitrogens with one attached hydrogen (secondary N) is 2. The lowest BCUT2D eigenvalue weighted by molar-refractivity contribution is 0.0930. The molecule has 1 amide bonds. The molecule has 1 aliphatic heterocycles. The van der Waals surface area contributed by atoms with Crippen LogP contribution in [-0.2, 0) is 0 Å². The minimum Gasteiger partial charge on any atom is -0.491 e. The zero-order chi connectivity index (χ0) is 14.8. The summed E-state index contributed by atoms with van der Waals surface area (Å²) in [5, 5.41) is 2.83. The van der Waals surface area contributed by atoms with Crippen molar-refractivity contribution in [3.05, 3.63) is 59.4 Å². The molecule has 0 aromatic heterocycles. The zero-order valence-corrected chi connectivity index (χ0v) is 11.1. The van der Waals surface area contributed by atoms with Crippen molar-refractivity contribution in [3.8, 4) is 5.75 Å². The Morgan fingerprint density at radius 3 is 2.86 bits per heavy atom. The number of para-hydroxylation sites is 2. The molecule has 1 unspecified atom stereocenters. The highest BCUT2D eigenvalue weighted by Crippen LogP contribution is 2.32. The highest BCUT2D eigenvalue weighted by Gasteiger charge is 2.26. The maximum atomic E-state index is 13.6. The van der Waals surface area contributed by atoms with E-state index >= 15 is 0 Å². The summed E-state index contributed by atoms with van der Waals surface area (Å²) in [4.78, 5) is 12.3. The second-order valence-corrected chi connectivity index (χ2v) is 4.68. The van der Waals surface area contributed by atoms with Crippen LogP contribution in [0.4, 0.5) is 10.1 Å². The molecule has 1 heterocycles. The molecule has 0 saturated carbocycles. The number of rotatable bonds is 3. The average molecular weight is 287 g/mol. The number of halogens is 1. The molecule has 6 heteroatoms.